The first kappa shape index (κ1) is 24.8. The fraction of sp³-hybridized carbons (Fsp3) is 0.538. The molecule has 2 heterocycles. The summed E-state index contributed by atoms with van der Waals surface area (Å²) in [5.74, 6) is 1.94. The number of rotatable bonds is 7. The zero-order valence-corrected chi connectivity index (χ0v) is 20.4. The molecule has 0 saturated carbocycles. The lowest BCUT2D eigenvalue weighted by Gasteiger charge is -2.38. The van der Waals surface area contributed by atoms with Crippen molar-refractivity contribution < 1.29 is 9.47 Å². The molecule has 5 nitrogen and oxygen atoms in total. The van der Waals surface area contributed by atoms with Gasteiger partial charge in [0, 0.05) is 37.8 Å². The van der Waals surface area contributed by atoms with Crippen molar-refractivity contribution in [1.82, 2.24) is 14.7 Å². The monoisotopic (exact) mass is 459 g/mol. The molecule has 0 unspecified atom stereocenters. The van der Waals surface area contributed by atoms with E-state index in [1.165, 1.54) is 63.1 Å². The lowest BCUT2D eigenvalue weighted by molar-refractivity contribution is 0.106. The van der Waals surface area contributed by atoms with Crippen LogP contribution in [0.5, 0.6) is 11.5 Å². The number of methoxy groups -OCH3 is 2. The average molecular weight is 460 g/mol. The predicted molar refractivity (Wildman–Crippen MR) is 133 cm³/mol. The van der Waals surface area contributed by atoms with Crippen LogP contribution in [0, 0.1) is 0 Å². The molecular formula is C26H38ClN3O2. The quantitative estimate of drug-likeness (QED) is 0.615. The van der Waals surface area contributed by atoms with Gasteiger partial charge in [-0.05, 0) is 69.2 Å². The number of piperidine rings is 1. The van der Waals surface area contributed by atoms with Crippen molar-refractivity contribution in [1.29, 1.82) is 0 Å². The fourth-order valence-electron chi connectivity index (χ4n) is 5.02. The van der Waals surface area contributed by atoms with Crippen molar-refractivity contribution >= 4 is 12.4 Å². The largest absolute Gasteiger partial charge is 0.497 e. The Morgan fingerprint density at radius 3 is 2.19 bits per heavy atom. The van der Waals surface area contributed by atoms with Gasteiger partial charge in [-0.1, -0.05) is 30.3 Å². The maximum absolute atomic E-state index is 5.55. The summed E-state index contributed by atoms with van der Waals surface area (Å²) in [6.45, 7) is 9.14. The van der Waals surface area contributed by atoms with E-state index in [9.17, 15) is 0 Å². The zero-order valence-electron chi connectivity index (χ0n) is 19.5. The number of para-hydroxylation sites is 1. The van der Waals surface area contributed by atoms with Crippen molar-refractivity contribution in [3.8, 4) is 11.5 Å². The van der Waals surface area contributed by atoms with E-state index < -0.39 is 0 Å². The summed E-state index contributed by atoms with van der Waals surface area (Å²) in [4.78, 5) is 7.95. The van der Waals surface area contributed by atoms with E-state index in [0.717, 1.165) is 37.2 Å². The molecule has 2 aliphatic rings. The summed E-state index contributed by atoms with van der Waals surface area (Å²) in [6, 6.07) is 17.7. The van der Waals surface area contributed by atoms with Crippen LogP contribution in [0.4, 0.5) is 0 Å². The van der Waals surface area contributed by atoms with Gasteiger partial charge in [-0.3, -0.25) is 14.7 Å². The highest BCUT2D eigenvalue weighted by molar-refractivity contribution is 5.85. The Bertz CT molecular complexity index is 809. The van der Waals surface area contributed by atoms with Crippen LogP contribution in [0.1, 0.15) is 30.4 Å². The minimum atomic E-state index is 0. The highest BCUT2D eigenvalue weighted by Gasteiger charge is 2.26. The van der Waals surface area contributed by atoms with Crippen LogP contribution in [0.3, 0.4) is 0 Å². The van der Waals surface area contributed by atoms with Crippen molar-refractivity contribution in [2.24, 2.45) is 0 Å². The SMILES string of the molecule is COc1ccc(CN2CCC(N3CCCN(Cc4ccccc4OC)CC3)CC2)cc1.Cl. The third-order valence-electron chi connectivity index (χ3n) is 6.85. The third-order valence-corrected chi connectivity index (χ3v) is 6.85. The number of hydrogen-bond acceptors (Lipinski definition) is 5. The van der Waals surface area contributed by atoms with Gasteiger partial charge in [0.15, 0.2) is 0 Å². The fourth-order valence-corrected chi connectivity index (χ4v) is 5.02. The van der Waals surface area contributed by atoms with Crippen molar-refractivity contribution in [2.75, 3.05) is 53.5 Å². The number of ether oxygens (including phenoxy) is 2. The predicted octanol–water partition coefficient (Wildman–Crippen LogP) is 4.30. The molecule has 0 aromatic heterocycles. The van der Waals surface area contributed by atoms with E-state index in [4.69, 9.17) is 9.47 Å². The molecule has 0 N–H and O–H groups in total. The summed E-state index contributed by atoms with van der Waals surface area (Å²) < 4.78 is 10.8. The van der Waals surface area contributed by atoms with E-state index in [2.05, 4.69) is 57.2 Å². The maximum Gasteiger partial charge on any atom is 0.123 e. The summed E-state index contributed by atoms with van der Waals surface area (Å²) in [6.07, 6.45) is 3.81. The van der Waals surface area contributed by atoms with E-state index >= 15 is 0 Å². The van der Waals surface area contributed by atoms with Gasteiger partial charge in [-0.2, -0.15) is 0 Å². The highest BCUT2D eigenvalue weighted by Crippen LogP contribution is 2.23. The second-order valence-corrected chi connectivity index (χ2v) is 8.83. The molecule has 0 amide bonds. The molecule has 0 aliphatic carbocycles. The first-order valence-electron chi connectivity index (χ1n) is 11.7. The minimum absolute atomic E-state index is 0. The highest BCUT2D eigenvalue weighted by atomic mass is 35.5. The van der Waals surface area contributed by atoms with E-state index in [1.807, 2.05) is 6.07 Å². The molecule has 2 saturated heterocycles. The van der Waals surface area contributed by atoms with E-state index in [1.54, 1.807) is 14.2 Å². The Morgan fingerprint density at radius 2 is 1.47 bits per heavy atom. The van der Waals surface area contributed by atoms with Crippen LogP contribution in [0.25, 0.3) is 0 Å². The Balaban J connectivity index is 0.00000289. The maximum atomic E-state index is 5.55. The Kier molecular flexibility index (Phi) is 9.67. The molecule has 2 aromatic rings. The van der Waals surface area contributed by atoms with Crippen molar-refractivity contribution in [3.05, 3.63) is 59.7 Å². The Labute approximate surface area is 199 Å². The Hall–Kier alpha value is -1.79. The first-order chi connectivity index (χ1) is 15.2. The van der Waals surface area contributed by atoms with Crippen molar-refractivity contribution in [2.45, 2.75) is 38.4 Å². The molecule has 6 heteroatoms. The van der Waals surface area contributed by atoms with Gasteiger partial charge in [-0.15, -0.1) is 12.4 Å². The summed E-state index contributed by atoms with van der Waals surface area (Å²) in [5, 5.41) is 0. The van der Waals surface area contributed by atoms with Crippen LogP contribution >= 0.6 is 12.4 Å². The number of halogens is 1. The first-order valence-corrected chi connectivity index (χ1v) is 11.7. The number of likely N-dealkylation sites (tertiary alicyclic amines) is 1. The van der Waals surface area contributed by atoms with Crippen molar-refractivity contribution in [3.63, 3.8) is 0 Å². The molecule has 32 heavy (non-hydrogen) atoms. The zero-order chi connectivity index (χ0) is 21.5. The number of nitrogens with zero attached hydrogens (tertiary/aromatic N) is 3. The van der Waals surface area contributed by atoms with Crippen LogP contribution in [0.2, 0.25) is 0 Å². The second kappa shape index (κ2) is 12.4. The average Bonchev–Trinajstić information content (AvgIpc) is 3.06. The normalized spacial score (nSPS) is 19.2. The standard InChI is InChI=1S/C26H37N3O2.ClH/c1-30-25-10-8-22(9-11-25)20-28-16-12-24(13-17-28)29-15-5-14-27(18-19-29)21-23-6-3-4-7-26(23)31-2;/h3-4,6-11,24H,5,12-21H2,1-2H3;1H. The van der Waals surface area contributed by atoms with Gasteiger partial charge < -0.3 is 9.47 Å². The van der Waals surface area contributed by atoms with Gasteiger partial charge in [0.05, 0.1) is 14.2 Å². The van der Waals surface area contributed by atoms with Gasteiger partial charge in [-0.25, -0.2) is 0 Å². The molecule has 0 spiro atoms. The van der Waals surface area contributed by atoms with E-state index in [-0.39, 0.29) is 12.4 Å². The van der Waals surface area contributed by atoms with Crippen LogP contribution in [0.15, 0.2) is 48.5 Å². The van der Waals surface area contributed by atoms with Gasteiger partial charge in [0.1, 0.15) is 11.5 Å². The summed E-state index contributed by atoms with van der Waals surface area (Å²) >= 11 is 0. The smallest absolute Gasteiger partial charge is 0.123 e. The number of benzene rings is 2. The molecule has 0 radical (unpaired) electrons. The molecule has 176 valence electrons. The van der Waals surface area contributed by atoms with Crippen LogP contribution in [-0.2, 0) is 13.1 Å². The van der Waals surface area contributed by atoms with Crippen LogP contribution in [-0.4, -0.2) is 74.2 Å². The topological polar surface area (TPSA) is 28.2 Å². The lowest BCUT2D eigenvalue weighted by atomic mass is 10.0. The minimum Gasteiger partial charge on any atom is -0.497 e. The summed E-state index contributed by atoms with van der Waals surface area (Å²) in [5.41, 5.74) is 2.67. The molecule has 2 aliphatic heterocycles. The van der Waals surface area contributed by atoms with Crippen LogP contribution < -0.4 is 9.47 Å². The summed E-state index contributed by atoms with van der Waals surface area (Å²) in [7, 11) is 3.49. The lowest BCUT2D eigenvalue weighted by Crippen LogP contribution is -2.45. The number of hydrogen-bond donors (Lipinski definition) is 0. The molecule has 4 rings (SSSR count). The molecular weight excluding hydrogens is 422 g/mol. The van der Waals surface area contributed by atoms with Gasteiger partial charge in [0.2, 0.25) is 0 Å². The van der Waals surface area contributed by atoms with E-state index in [0.29, 0.717) is 0 Å². The Morgan fingerprint density at radius 1 is 0.750 bits per heavy atom. The second-order valence-electron chi connectivity index (χ2n) is 8.83. The third kappa shape index (κ3) is 6.61. The molecule has 0 atom stereocenters. The van der Waals surface area contributed by atoms with Gasteiger partial charge >= 0.3 is 0 Å². The molecule has 2 fully saturated rings. The molecule has 0 bridgehead atoms. The molecule has 2 aromatic carbocycles. The van der Waals surface area contributed by atoms with Gasteiger partial charge in [0.25, 0.3) is 0 Å².